The summed E-state index contributed by atoms with van der Waals surface area (Å²) in [7, 11) is 4.09. The quantitative estimate of drug-likeness (QED) is 0.819. The molecule has 0 spiro atoms. The van der Waals surface area contributed by atoms with Gasteiger partial charge in [-0.2, -0.15) is 0 Å². The van der Waals surface area contributed by atoms with E-state index in [2.05, 4.69) is 46.7 Å². The summed E-state index contributed by atoms with van der Waals surface area (Å²) < 4.78 is 1.14. The minimum Gasteiger partial charge on any atom is -0.351 e. The molecule has 0 bridgehead atoms. The molecule has 0 fully saturated rings. The largest absolute Gasteiger partial charge is 0.351 e. The third kappa shape index (κ3) is 5.35. The Balaban J connectivity index is 2.53. The second-order valence-corrected chi connectivity index (χ2v) is 6.84. The summed E-state index contributed by atoms with van der Waals surface area (Å²) in [6.45, 7) is 5.93. The highest BCUT2D eigenvalue weighted by Crippen LogP contribution is 2.14. The fraction of sp³-hybridized carbons (Fsp3) is 0.500. The highest BCUT2D eigenvalue weighted by Gasteiger charge is 2.20. The van der Waals surface area contributed by atoms with Crippen LogP contribution in [-0.4, -0.2) is 38.0 Å². The van der Waals surface area contributed by atoms with Crippen LogP contribution in [0.15, 0.2) is 24.3 Å². The third-order valence-electron chi connectivity index (χ3n) is 2.58. The van der Waals surface area contributed by atoms with Crippen molar-refractivity contribution in [1.82, 2.24) is 10.2 Å². The summed E-state index contributed by atoms with van der Waals surface area (Å²) in [6, 6.07) is 7.60. The number of halogens is 1. The molecule has 1 amide bonds. The average molecular weight is 360 g/mol. The van der Waals surface area contributed by atoms with E-state index in [9.17, 15) is 4.79 Å². The molecule has 0 heterocycles. The molecule has 0 aliphatic rings. The van der Waals surface area contributed by atoms with E-state index in [4.69, 9.17) is 0 Å². The van der Waals surface area contributed by atoms with Crippen molar-refractivity contribution in [2.45, 2.75) is 13.8 Å². The first-order valence-corrected chi connectivity index (χ1v) is 7.06. The van der Waals surface area contributed by atoms with E-state index >= 15 is 0 Å². The zero-order valence-electron chi connectivity index (χ0n) is 11.5. The van der Waals surface area contributed by atoms with Crippen molar-refractivity contribution in [3.8, 4) is 0 Å². The molecule has 3 nitrogen and oxygen atoms in total. The summed E-state index contributed by atoms with van der Waals surface area (Å²) in [4.78, 5) is 14.1. The van der Waals surface area contributed by atoms with Crippen molar-refractivity contribution < 1.29 is 4.79 Å². The van der Waals surface area contributed by atoms with Gasteiger partial charge in [-0.05, 0) is 66.4 Å². The van der Waals surface area contributed by atoms with Gasteiger partial charge in [-0.1, -0.05) is 13.8 Å². The van der Waals surface area contributed by atoms with Crippen LogP contribution < -0.4 is 5.32 Å². The summed E-state index contributed by atoms with van der Waals surface area (Å²) in [5, 5.41) is 3.00. The molecule has 1 aromatic carbocycles. The molecule has 0 atom stereocenters. The molecule has 0 saturated carbocycles. The van der Waals surface area contributed by atoms with E-state index in [1.165, 1.54) is 0 Å². The van der Waals surface area contributed by atoms with Crippen molar-refractivity contribution in [2.24, 2.45) is 5.41 Å². The van der Waals surface area contributed by atoms with Crippen molar-refractivity contribution in [3.05, 3.63) is 33.4 Å². The first-order valence-electron chi connectivity index (χ1n) is 5.99. The molecule has 0 aliphatic heterocycles. The maximum atomic E-state index is 12.0. The number of carbonyl (C=O) groups is 1. The van der Waals surface area contributed by atoms with Crippen LogP contribution in [0.3, 0.4) is 0 Å². The van der Waals surface area contributed by atoms with E-state index < -0.39 is 0 Å². The first kappa shape index (κ1) is 15.4. The van der Waals surface area contributed by atoms with Crippen molar-refractivity contribution in [2.75, 3.05) is 27.2 Å². The van der Waals surface area contributed by atoms with E-state index in [0.717, 1.165) is 15.7 Å². The molecule has 0 aromatic heterocycles. The molecule has 1 aromatic rings. The Morgan fingerprint density at radius 2 is 1.83 bits per heavy atom. The predicted molar refractivity (Wildman–Crippen MR) is 83.8 cm³/mol. The number of nitrogens with zero attached hydrogens (tertiary/aromatic N) is 1. The van der Waals surface area contributed by atoms with Crippen molar-refractivity contribution in [1.29, 1.82) is 0 Å². The molecule has 1 rings (SSSR count). The maximum Gasteiger partial charge on any atom is 0.251 e. The van der Waals surface area contributed by atoms with Gasteiger partial charge in [0.25, 0.3) is 5.91 Å². The van der Waals surface area contributed by atoms with E-state index in [1.807, 2.05) is 38.4 Å². The smallest absolute Gasteiger partial charge is 0.251 e. The standard InChI is InChI=1S/C14H21IN2O/c1-14(2,10-17(3)4)9-16-13(18)11-5-7-12(15)8-6-11/h5-8H,9-10H2,1-4H3,(H,16,18). The number of carbonyl (C=O) groups excluding carboxylic acids is 1. The lowest BCUT2D eigenvalue weighted by Crippen LogP contribution is -2.39. The number of nitrogens with one attached hydrogen (secondary N) is 1. The lowest BCUT2D eigenvalue weighted by Gasteiger charge is -2.28. The molecular weight excluding hydrogens is 339 g/mol. The molecule has 0 unspecified atom stereocenters. The van der Waals surface area contributed by atoms with Gasteiger partial charge >= 0.3 is 0 Å². The summed E-state index contributed by atoms with van der Waals surface area (Å²) in [5.41, 5.74) is 0.790. The zero-order chi connectivity index (χ0) is 13.8. The van der Waals surface area contributed by atoms with Gasteiger partial charge in [-0.25, -0.2) is 0 Å². The average Bonchev–Trinajstić information content (AvgIpc) is 2.25. The minimum absolute atomic E-state index is 0.00164. The molecule has 4 heteroatoms. The van der Waals surface area contributed by atoms with Gasteiger partial charge < -0.3 is 10.2 Å². The summed E-state index contributed by atoms with van der Waals surface area (Å²) in [6.07, 6.45) is 0. The first-order chi connectivity index (χ1) is 8.30. The highest BCUT2D eigenvalue weighted by molar-refractivity contribution is 14.1. The van der Waals surface area contributed by atoms with Gasteiger partial charge in [0.2, 0.25) is 0 Å². The van der Waals surface area contributed by atoms with Gasteiger partial charge in [0.15, 0.2) is 0 Å². The van der Waals surface area contributed by atoms with Gasteiger partial charge in [0, 0.05) is 22.2 Å². The number of rotatable bonds is 5. The summed E-state index contributed by atoms with van der Waals surface area (Å²) in [5.74, 6) is -0.00164. The number of hydrogen-bond donors (Lipinski definition) is 1. The van der Waals surface area contributed by atoms with Crippen molar-refractivity contribution in [3.63, 3.8) is 0 Å². The number of benzene rings is 1. The zero-order valence-corrected chi connectivity index (χ0v) is 13.6. The minimum atomic E-state index is -0.00164. The molecule has 0 radical (unpaired) electrons. The van der Waals surface area contributed by atoms with E-state index in [-0.39, 0.29) is 11.3 Å². The Hall–Kier alpha value is -0.620. The molecule has 100 valence electrons. The Kier molecular flexibility index (Phi) is 5.59. The maximum absolute atomic E-state index is 12.0. The predicted octanol–water partition coefficient (Wildman–Crippen LogP) is 2.61. The Morgan fingerprint density at radius 3 is 2.33 bits per heavy atom. The third-order valence-corrected chi connectivity index (χ3v) is 3.30. The second-order valence-electron chi connectivity index (χ2n) is 5.59. The van der Waals surface area contributed by atoms with Crippen LogP contribution in [0.2, 0.25) is 0 Å². The topological polar surface area (TPSA) is 32.3 Å². The van der Waals surface area contributed by atoms with Gasteiger partial charge in [0.1, 0.15) is 0 Å². The van der Waals surface area contributed by atoms with Crippen molar-refractivity contribution >= 4 is 28.5 Å². The monoisotopic (exact) mass is 360 g/mol. The SMILES string of the molecule is CN(C)CC(C)(C)CNC(=O)c1ccc(I)cc1. The Bertz CT molecular complexity index is 399. The second kappa shape index (κ2) is 6.52. The molecule has 18 heavy (non-hydrogen) atoms. The van der Waals surface area contributed by atoms with Crippen LogP contribution in [-0.2, 0) is 0 Å². The van der Waals surface area contributed by atoms with Gasteiger partial charge in [0.05, 0.1) is 0 Å². The molecular formula is C14H21IN2O. The van der Waals surface area contributed by atoms with E-state index in [1.54, 1.807) is 0 Å². The lowest BCUT2D eigenvalue weighted by molar-refractivity contribution is 0.0929. The lowest BCUT2D eigenvalue weighted by atomic mass is 9.93. The highest BCUT2D eigenvalue weighted by atomic mass is 127. The van der Waals surface area contributed by atoms with Crippen LogP contribution in [0.4, 0.5) is 0 Å². The number of hydrogen-bond acceptors (Lipinski definition) is 2. The van der Waals surface area contributed by atoms with Crippen LogP contribution in [0, 0.1) is 8.99 Å². The van der Waals surface area contributed by atoms with Crippen LogP contribution in [0.1, 0.15) is 24.2 Å². The summed E-state index contributed by atoms with van der Waals surface area (Å²) >= 11 is 2.23. The Morgan fingerprint density at radius 1 is 1.28 bits per heavy atom. The fourth-order valence-electron chi connectivity index (χ4n) is 1.93. The molecule has 0 aliphatic carbocycles. The fourth-order valence-corrected chi connectivity index (χ4v) is 2.29. The number of amides is 1. The molecule has 1 N–H and O–H groups in total. The van der Waals surface area contributed by atoms with E-state index in [0.29, 0.717) is 6.54 Å². The van der Waals surface area contributed by atoms with Gasteiger partial charge in [-0.15, -0.1) is 0 Å². The van der Waals surface area contributed by atoms with Gasteiger partial charge in [-0.3, -0.25) is 4.79 Å². The van der Waals surface area contributed by atoms with Crippen LogP contribution in [0.25, 0.3) is 0 Å². The van der Waals surface area contributed by atoms with Crippen LogP contribution >= 0.6 is 22.6 Å². The molecule has 0 saturated heterocycles. The normalized spacial score (nSPS) is 11.7. The Labute approximate surface area is 123 Å². The van der Waals surface area contributed by atoms with Crippen LogP contribution in [0.5, 0.6) is 0 Å².